The number of para-hydroxylation sites is 1. The van der Waals surface area contributed by atoms with Crippen molar-refractivity contribution in [2.75, 3.05) is 13.1 Å². The average molecular weight is 270 g/mol. The summed E-state index contributed by atoms with van der Waals surface area (Å²) in [6, 6.07) is 9.95. The largest absolute Gasteiger partial charge is 0.313 e. The van der Waals surface area contributed by atoms with Crippen molar-refractivity contribution in [1.82, 2.24) is 20.3 Å². The second-order valence-electron chi connectivity index (χ2n) is 5.05. The fourth-order valence-electron chi connectivity index (χ4n) is 1.91. The van der Waals surface area contributed by atoms with Crippen LogP contribution in [0.15, 0.2) is 42.1 Å². The summed E-state index contributed by atoms with van der Waals surface area (Å²) in [5.74, 6) is 0.496. The first kappa shape index (κ1) is 14.5. The van der Waals surface area contributed by atoms with Gasteiger partial charge in [0.1, 0.15) is 5.69 Å². The summed E-state index contributed by atoms with van der Waals surface area (Å²) in [7, 11) is 0. The van der Waals surface area contributed by atoms with Gasteiger partial charge in [-0.25, -0.2) is 0 Å². The second-order valence-corrected chi connectivity index (χ2v) is 5.05. The number of hydrogen-bond donors (Lipinski definition) is 1. The van der Waals surface area contributed by atoms with Gasteiger partial charge in [-0.3, -0.25) is 0 Å². The molecule has 0 fully saturated rings. The molecule has 0 spiro atoms. The van der Waals surface area contributed by atoms with Gasteiger partial charge in [-0.15, -0.1) is 5.10 Å². The minimum atomic E-state index is 0.496. The Morgan fingerprint density at radius 3 is 2.70 bits per heavy atom. The molecule has 0 saturated carbocycles. The molecule has 1 aromatic carbocycles. The van der Waals surface area contributed by atoms with Gasteiger partial charge in [-0.05, 0) is 30.7 Å². The van der Waals surface area contributed by atoms with E-state index < -0.39 is 0 Å². The molecule has 4 heteroatoms. The summed E-state index contributed by atoms with van der Waals surface area (Å²) in [4.78, 5) is 1.66. The smallest absolute Gasteiger partial charge is 0.106 e. The van der Waals surface area contributed by atoms with E-state index in [1.165, 1.54) is 5.57 Å². The van der Waals surface area contributed by atoms with Crippen molar-refractivity contribution >= 4 is 6.08 Å². The molecule has 106 valence electrons. The van der Waals surface area contributed by atoms with Gasteiger partial charge in [-0.1, -0.05) is 44.5 Å². The maximum atomic E-state index is 4.51. The molecule has 1 heterocycles. The van der Waals surface area contributed by atoms with Crippen molar-refractivity contribution in [1.29, 1.82) is 0 Å². The standard InChI is InChI=1S/C16H22N4/c1-4-17-11-14(13(2)3)10-15-12-18-20(19-15)16-8-6-5-7-9-16/h5-10,12-13,17H,4,11H2,1-3H3. The number of nitrogens with zero attached hydrogens (tertiary/aromatic N) is 3. The van der Waals surface area contributed by atoms with E-state index in [0.717, 1.165) is 24.5 Å². The van der Waals surface area contributed by atoms with Crippen LogP contribution in [-0.4, -0.2) is 28.1 Å². The predicted molar refractivity (Wildman–Crippen MR) is 82.7 cm³/mol. The Morgan fingerprint density at radius 2 is 2.05 bits per heavy atom. The van der Waals surface area contributed by atoms with Crippen molar-refractivity contribution in [2.45, 2.75) is 20.8 Å². The van der Waals surface area contributed by atoms with Crippen LogP contribution in [0.3, 0.4) is 0 Å². The van der Waals surface area contributed by atoms with Crippen molar-refractivity contribution < 1.29 is 0 Å². The van der Waals surface area contributed by atoms with Crippen LogP contribution in [0.4, 0.5) is 0 Å². The van der Waals surface area contributed by atoms with E-state index in [0.29, 0.717) is 5.92 Å². The minimum Gasteiger partial charge on any atom is -0.313 e. The molecule has 1 aromatic heterocycles. The van der Waals surface area contributed by atoms with Gasteiger partial charge in [-0.2, -0.15) is 9.90 Å². The van der Waals surface area contributed by atoms with Gasteiger partial charge in [0.2, 0.25) is 0 Å². The molecule has 2 rings (SSSR count). The van der Waals surface area contributed by atoms with Gasteiger partial charge < -0.3 is 5.32 Å². The Bertz CT molecular complexity index is 555. The zero-order valence-electron chi connectivity index (χ0n) is 12.4. The maximum Gasteiger partial charge on any atom is 0.106 e. The number of aromatic nitrogens is 3. The highest BCUT2D eigenvalue weighted by Crippen LogP contribution is 2.13. The molecule has 0 aliphatic carbocycles. The van der Waals surface area contributed by atoms with Crippen LogP contribution >= 0.6 is 0 Å². The molecule has 4 nitrogen and oxygen atoms in total. The molecule has 20 heavy (non-hydrogen) atoms. The maximum absolute atomic E-state index is 4.51. The summed E-state index contributed by atoms with van der Waals surface area (Å²) in [6.45, 7) is 8.38. The Labute approximate surface area is 120 Å². The highest BCUT2D eigenvalue weighted by atomic mass is 15.5. The highest BCUT2D eigenvalue weighted by molar-refractivity contribution is 5.49. The minimum absolute atomic E-state index is 0.496. The van der Waals surface area contributed by atoms with Crippen LogP contribution < -0.4 is 5.32 Å². The molecule has 0 bridgehead atoms. The van der Waals surface area contributed by atoms with Crippen molar-refractivity contribution in [3.05, 3.63) is 47.8 Å². The monoisotopic (exact) mass is 270 g/mol. The van der Waals surface area contributed by atoms with E-state index >= 15 is 0 Å². The molecule has 0 atom stereocenters. The summed E-state index contributed by atoms with van der Waals surface area (Å²) in [5.41, 5.74) is 3.22. The highest BCUT2D eigenvalue weighted by Gasteiger charge is 2.06. The third-order valence-corrected chi connectivity index (χ3v) is 3.15. The van der Waals surface area contributed by atoms with Crippen LogP contribution in [0, 0.1) is 5.92 Å². The summed E-state index contributed by atoms with van der Waals surface area (Å²) in [6.07, 6.45) is 3.93. The fraction of sp³-hybridized carbons (Fsp3) is 0.375. The van der Waals surface area contributed by atoms with Gasteiger partial charge >= 0.3 is 0 Å². The lowest BCUT2D eigenvalue weighted by Gasteiger charge is -2.11. The zero-order valence-corrected chi connectivity index (χ0v) is 12.4. The van der Waals surface area contributed by atoms with E-state index in [1.54, 1.807) is 11.0 Å². The van der Waals surface area contributed by atoms with E-state index in [4.69, 9.17) is 0 Å². The number of hydrogen-bond acceptors (Lipinski definition) is 3. The van der Waals surface area contributed by atoms with E-state index in [-0.39, 0.29) is 0 Å². The average Bonchev–Trinajstić information content (AvgIpc) is 2.92. The van der Waals surface area contributed by atoms with Crippen molar-refractivity contribution in [2.24, 2.45) is 5.92 Å². The lowest BCUT2D eigenvalue weighted by molar-refractivity contribution is 0.682. The summed E-state index contributed by atoms with van der Waals surface area (Å²) >= 11 is 0. The number of likely N-dealkylation sites (N-methyl/N-ethyl adjacent to an activating group) is 1. The van der Waals surface area contributed by atoms with E-state index in [2.05, 4.69) is 42.4 Å². The number of rotatable bonds is 6. The molecule has 0 radical (unpaired) electrons. The van der Waals surface area contributed by atoms with Crippen LogP contribution in [0.1, 0.15) is 26.5 Å². The van der Waals surface area contributed by atoms with Gasteiger partial charge in [0.15, 0.2) is 0 Å². The number of nitrogens with one attached hydrogen (secondary N) is 1. The Balaban J connectivity index is 2.19. The Hall–Kier alpha value is -1.94. The quantitative estimate of drug-likeness (QED) is 0.877. The third-order valence-electron chi connectivity index (χ3n) is 3.15. The molecule has 0 saturated heterocycles. The van der Waals surface area contributed by atoms with Crippen LogP contribution in [0.2, 0.25) is 0 Å². The summed E-state index contributed by atoms with van der Waals surface area (Å²) < 4.78 is 0. The first-order valence-electron chi connectivity index (χ1n) is 7.09. The lowest BCUT2D eigenvalue weighted by Crippen LogP contribution is -2.18. The topological polar surface area (TPSA) is 42.7 Å². The molecule has 0 aliphatic rings. The van der Waals surface area contributed by atoms with Crippen molar-refractivity contribution in [3.63, 3.8) is 0 Å². The SMILES string of the molecule is CCNCC(=Cc1cnn(-c2ccccc2)n1)C(C)C. The molecule has 1 N–H and O–H groups in total. The Kier molecular flexibility index (Phi) is 5.07. The fourth-order valence-corrected chi connectivity index (χ4v) is 1.91. The first-order valence-corrected chi connectivity index (χ1v) is 7.09. The lowest BCUT2D eigenvalue weighted by atomic mass is 10.0. The molecular weight excluding hydrogens is 248 g/mol. The van der Waals surface area contributed by atoms with Gasteiger partial charge in [0, 0.05) is 6.54 Å². The van der Waals surface area contributed by atoms with Crippen LogP contribution in [0.5, 0.6) is 0 Å². The molecule has 0 unspecified atom stereocenters. The van der Waals surface area contributed by atoms with E-state index in [1.807, 2.05) is 30.3 Å². The van der Waals surface area contributed by atoms with Crippen molar-refractivity contribution in [3.8, 4) is 5.69 Å². The third kappa shape index (κ3) is 3.78. The number of benzene rings is 1. The predicted octanol–water partition coefficient (Wildman–Crippen LogP) is 2.92. The first-order chi connectivity index (χ1) is 9.70. The van der Waals surface area contributed by atoms with Crippen LogP contribution in [-0.2, 0) is 0 Å². The molecular formula is C16H22N4. The second kappa shape index (κ2) is 7.01. The van der Waals surface area contributed by atoms with E-state index in [9.17, 15) is 0 Å². The molecule has 0 aliphatic heterocycles. The Morgan fingerprint density at radius 1 is 1.30 bits per heavy atom. The summed E-state index contributed by atoms with van der Waals surface area (Å²) in [5, 5.41) is 12.2. The normalized spacial score (nSPS) is 12.1. The molecule has 2 aromatic rings. The molecule has 0 amide bonds. The van der Waals surface area contributed by atoms with Gasteiger partial charge in [0.05, 0.1) is 11.9 Å². The zero-order chi connectivity index (χ0) is 14.4. The van der Waals surface area contributed by atoms with Crippen LogP contribution in [0.25, 0.3) is 11.8 Å². The van der Waals surface area contributed by atoms with Gasteiger partial charge in [0.25, 0.3) is 0 Å².